The number of carbonyl (C=O) groups is 1. The molecule has 1 rings (SSSR count). The summed E-state index contributed by atoms with van der Waals surface area (Å²) in [4.78, 5) is 13.6. The second-order valence-electron chi connectivity index (χ2n) is 4.38. The van der Waals surface area contributed by atoms with Crippen LogP contribution in [0.2, 0.25) is 0 Å². The van der Waals surface area contributed by atoms with E-state index in [0.717, 1.165) is 5.56 Å². The van der Waals surface area contributed by atoms with E-state index in [1.807, 2.05) is 6.92 Å². The summed E-state index contributed by atoms with van der Waals surface area (Å²) in [6, 6.07) is 6.91. The fourth-order valence-corrected chi connectivity index (χ4v) is 1.71. The van der Waals surface area contributed by atoms with Crippen LogP contribution in [0.3, 0.4) is 0 Å². The molecule has 0 radical (unpaired) electrons. The van der Waals surface area contributed by atoms with Crippen molar-refractivity contribution in [2.24, 2.45) is 0 Å². The van der Waals surface area contributed by atoms with Gasteiger partial charge in [0.25, 0.3) is 0 Å². The van der Waals surface area contributed by atoms with Gasteiger partial charge in [0, 0.05) is 25.4 Å². The Bertz CT molecular complexity index is 390. The molecule has 0 aromatic heterocycles. The zero-order valence-corrected chi connectivity index (χ0v) is 11.5. The Balaban J connectivity index is 2.59. The molecular formula is C14H22N2O3. The number of aliphatic hydroxyl groups excluding tert-OH is 2. The Morgan fingerprint density at radius 2 is 2.00 bits per heavy atom. The third-order valence-corrected chi connectivity index (χ3v) is 2.90. The van der Waals surface area contributed by atoms with Crippen LogP contribution >= 0.6 is 0 Å². The zero-order valence-electron chi connectivity index (χ0n) is 11.5. The van der Waals surface area contributed by atoms with E-state index in [-0.39, 0.29) is 12.6 Å². The number of amides is 2. The van der Waals surface area contributed by atoms with Gasteiger partial charge in [-0.3, -0.25) is 0 Å². The minimum Gasteiger partial charge on any atom is -0.396 e. The Morgan fingerprint density at radius 1 is 1.37 bits per heavy atom. The number of hydrogen-bond donors (Lipinski definition) is 3. The molecule has 1 aromatic rings. The lowest BCUT2D eigenvalue weighted by Gasteiger charge is -2.21. The molecule has 0 bridgehead atoms. The third kappa shape index (κ3) is 4.89. The molecule has 0 aliphatic rings. The molecule has 0 aliphatic carbocycles. The molecule has 0 saturated heterocycles. The summed E-state index contributed by atoms with van der Waals surface area (Å²) in [5.74, 6) is 0. The molecule has 19 heavy (non-hydrogen) atoms. The van der Waals surface area contributed by atoms with E-state index in [4.69, 9.17) is 5.11 Å². The molecular weight excluding hydrogens is 244 g/mol. The summed E-state index contributed by atoms with van der Waals surface area (Å²) in [6.07, 6.45) is 0.0591. The molecule has 0 heterocycles. The number of carbonyl (C=O) groups excluding carboxylic acids is 1. The van der Waals surface area contributed by atoms with Gasteiger partial charge in [-0.2, -0.15) is 0 Å². The van der Waals surface area contributed by atoms with Crippen LogP contribution in [-0.2, 0) is 0 Å². The molecule has 0 saturated carbocycles. The molecule has 1 unspecified atom stereocenters. The largest absolute Gasteiger partial charge is 0.396 e. The molecule has 0 spiro atoms. The SMILES string of the molecule is CCN(CCCO)C(=O)Nc1ccc(C(C)O)cc1. The predicted octanol–water partition coefficient (Wildman–Crippen LogP) is 1.98. The van der Waals surface area contributed by atoms with Crippen molar-refractivity contribution in [2.75, 3.05) is 25.0 Å². The quantitative estimate of drug-likeness (QED) is 0.737. The van der Waals surface area contributed by atoms with Crippen molar-refractivity contribution >= 4 is 11.7 Å². The number of anilines is 1. The van der Waals surface area contributed by atoms with Gasteiger partial charge in [0.2, 0.25) is 0 Å². The Kier molecular flexibility index (Phi) is 6.32. The molecule has 2 amide bonds. The fourth-order valence-electron chi connectivity index (χ4n) is 1.71. The Labute approximate surface area is 113 Å². The molecule has 1 atom stereocenters. The van der Waals surface area contributed by atoms with Gasteiger partial charge in [0.1, 0.15) is 0 Å². The Hall–Kier alpha value is -1.59. The molecule has 3 N–H and O–H groups in total. The second kappa shape index (κ2) is 7.76. The van der Waals surface area contributed by atoms with Gasteiger partial charge >= 0.3 is 6.03 Å². The van der Waals surface area contributed by atoms with Crippen molar-refractivity contribution in [3.8, 4) is 0 Å². The number of benzene rings is 1. The van der Waals surface area contributed by atoms with Crippen molar-refractivity contribution in [3.05, 3.63) is 29.8 Å². The second-order valence-corrected chi connectivity index (χ2v) is 4.38. The summed E-state index contributed by atoms with van der Waals surface area (Å²) in [5.41, 5.74) is 1.50. The minimum atomic E-state index is -0.513. The molecule has 1 aromatic carbocycles. The zero-order chi connectivity index (χ0) is 14.3. The van der Waals surface area contributed by atoms with Crippen LogP contribution in [0.25, 0.3) is 0 Å². The lowest BCUT2D eigenvalue weighted by molar-refractivity contribution is 0.199. The maximum absolute atomic E-state index is 12.0. The smallest absolute Gasteiger partial charge is 0.321 e. The number of rotatable bonds is 6. The molecule has 5 heteroatoms. The highest BCUT2D eigenvalue weighted by molar-refractivity contribution is 5.89. The van der Waals surface area contributed by atoms with Crippen LogP contribution in [0, 0.1) is 0 Å². The lowest BCUT2D eigenvalue weighted by atomic mass is 10.1. The highest BCUT2D eigenvalue weighted by atomic mass is 16.3. The van der Waals surface area contributed by atoms with Gasteiger partial charge in [-0.05, 0) is 38.0 Å². The summed E-state index contributed by atoms with van der Waals surface area (Å²) < 4.78 is 0. The van der Waals surface area contributed by atoms with Gasteiger partial charge in [0.15, 0.2) is 0 Å². The number of nitrogens with zero attached hydrogens (tertiary/aromatic N) is 1. The first kappa shape index (κ1) is 15.5. The van der Waals surface area contributed by atoms with E-state index in [2.05, 4.69) is 5.32 Å². The molecule has 0 aliphatic heterocycles. The third-order valence-electron chi connectivity index (χ3n) is 2.90. The van der Waals surface area contributed by atoms with Gasteiger partial charge < -0.3 is 20.4 Å². The average Bonchev–Trinajstić information content (AvgIpc) is 2.40. The van der Waals surface area contributed by atoms with Crippen molar-refractivity contribution in [3.63, 3.8) is 0 Å². The monoisotopic (exact) mass is 266 g/mol. The van der Waals surface area contributed by atoms with E-state index in [9.17, 15) is 9.90 Å². The van der Waals surface area contributed by atoms with Crippen molar-refractivity contribution in [1.82, 2.24) is 4.90 Å². The minimum absolute atomic E-state index is 0.0763. The van der Waals surface area contributed by atoms with Gasteiger partial charge in [-0.15, -0.1) is 0 Å². The summed E-state index contributed by atoms with van der Waals surface area (Å²) in [6.45, 7) is 4.80. The Morgan fingerprint density at radius 3 is 2.47 bits per heavy atom. The van der Waals surface area contributed by atoms with Crippen LogP contribution < -0.4 is 5.32 Å². The number of urea groups is 1. The first-order valence-corrected chi connectivity index (χ1v) is 6.53. The summed E-state index contributed by atoms with van der Waals surface area (Å²) in [7, 11) is 0. The van der Waals surface area contributed by atoms with Crippen LogP contribution in [0.4, 0.5) is 10.5 Å². The maximum Gasteiger partial charge on any atom is 0.321 e. The van der Waals surface area contributed by atoms with E-state index >= 15 is 0 Å². The van der Waals surface area contributed by atoms with E-state index < -0.39 is 6.10 Å². The molecule has 5 nitrogen and oxygen atoms in total. The first-order valence-electron chi connectivity index (χ1n) is 6.53. The predicted molar refractivity (Wildman–Crippen MR) is 75.0 cm³/mol. The average molecular weight is 266 g/mol. The number of nitrogens with one attached hydrogen (secondary N) is 1. The summed E-state index contributed by atoms with van der Waals surface area (Å²) >= 11 is 0. The molecule has 0 fully saturated rings. The van der Waals surface area contributed by atoms with Crippen molar-refractivity contribution < 1.29 is 15.0 Å². The first-order chi connectivity index (χ1) is 9.08. The van der Waals surface area contributed by atoms with Crippen LogP contribution in [0.15, 0.2) is 24.3 Å². The number of aliphatic hydroxyl groups is 2. The van der Waals surface area contributed by atoms with Crippen LogP contribution in [-0.4, -0.2) is 40.8 Å². The fraction of sp³-hybridized carbons (Fsp3) is 0.500. The van der Waals surface area contributed by atoms with Gasteiger partial charge in [0.05, 0.1) is 6.10 Å². The van der Waals surface area contributed by atoms with Crippen LogP contribution in [0.5, 0.6) is 0 Å². The van der Waals surface area contributed by atoms with Crippen LogP contribution in [0.1, 0.15) is 31.9 Å². The standard InChI is InChI=1S/C14H22N2O3/c1-3-16(9-4-10-17)14(19)15-13-7-5-12(6-8-13)11(2)18/h5-8,11,17-18H,3-4,9-10H2,1-2H3,(H,15,19). The van der Waals surface area contributed by atoms with Gasteiger partial charge in [-0.1, -0.05) is 12.1 Å². The maximum atomic E-state index is 12.0. The van der Waals surface area contributed by atoms with E-state index in [1.54, 1.807) is 36.1 Å². The highest BCUT2D eigenvalue weighted by Gasteiger charge is 2.11. The number of hydrogen-bond acceptors (Lipinski definition) is 3. The topological polar surface area (TPSA) is 72.8 Å². The summed E-state index contributed by atoms with van der Waals surface area (Å²) in [5, 5.41) is 21.0. The normalized spacial score (nSPS) is 12.0. The highest BCUT2D eigenvalue weighted by Crippen LogP contribution is 2.15. The van der Waals surface area contributed by atoms with Gasteiger partial charge in [-0.25, -0.2) is 4.79 Å². The van der Waals surface area contributed by atoms with E-state index in [0.29, 0.717) is 25.2 Å². The van der Waals surface area contributed by atoms with Crippen molar-refractivity contribution in [2.45, 2.75) is 26.4 Å². The van der Waals surface area contributed by atoms with E-state index in [1.165, 1.54) is 0 Å². The molecule has 106 valence electrons. The van der Waals surface area contributed by atoms with Crippen molar-refractivity contribution in [1.29, 1.82) is 0 Å². The lowest BCUT2D eigenvalue weighted by Crippen LogP contribution is -2.35.